The van der Waals surface area contributed by atoms with Gasteiger partial charge in [-0.15, -0.1) is 0 Å². The molecular formula is C20H22N2O2. The van der Waals surface area contributed by atoms with Gasteiger partial charge in [0.05, 0.1) is 0 Å². The molecule has 1 N–H and O–H groups in total. The summed E-state index contributed by atoms with van der Waals surface area (Å²) in [6.45, 7) is 3.98. The monoisotopic (exact) mass is 322 g/mol. The third kappa shape index (κ3) is 2.80. The molecule has 0 saturated heterocycles. The minimum absolute atomic E-state index is 0.142. The van der Waals surface area contributed by atoms with Gasteiger partial charge in [-0.2, -0.15) is 0 Å². The van der Waals surface area contributed by atoms with Crippen molar-refractivity contribution in [2.45, 2.75) is 26.7 Å². The molecule has 2 amide bonds. The zero-order valence-corrected chi connectivity index (χ0v) is 14.3. The molecule has 0 spiro atoms. The van der Waals surface area contributed by atoms with Crippen LogP contribution in [0.1, 0.15) is 24.0 Å². The standard InChI is InChI=1S/C20H22N2O2/c1-14-8-7-11-17(15(14)2)21-18(23)20(12-13-20)19(24)22(3)16-9-5-4-6-10-16/h4-11H,12-13H2,1-3H3,(H,21,23). The highest BCUT2D eigenvalue weighted by Gasteiger charge is 2.57. The lowest BCUT2D eigenvalue weighted by Gasteiger charge is -2.23. The second kappa shape index (κ2) is 6.11. The third-order valence-electron chi connectivity index (χ3n) is 4.89. The first-order valence-corrected chi connectivity index (χ1v) is 8.16. The fourth-order valence-corrected chi connectivity index (χ4v) is 2.88. The van der Waals surface area contributed by atoms with Gasteiger partial charge in [-0.1, -0.05) is 30.3 Å². The van der Waals surface area contributed by atoms with Gasteiger partial charge in [0, 0.05) is 18.4 Å². The highest BCUT2D eigenvalue weighted by Crippen LogP contribution is 2.48. The van der Waals surface area contributed by atoms with E-state index in [1.54, 1.807) is 11.9 Å². The van der Waals surface area contributed by atoms with Gasteiger partial charge >= 0.3 is 0 Å². The summed E-state index contributed by atoms with van der Waals surface area (Å²) in [5.41, 5.74) is 2.80. The van der Waals surface area contributed by atoms with Crippen molar-refractivity contribution in [2.75, 3.05) is 17.3 Å². The predicted octanol–water partition coefficient (Wildman–Crippen LogP) is 3.69. The molecule has 0 aliphatic heterocycles. The van der Waals surface area contributed by atoms with E-state index in [1.165, 1.54) is 0 Å². The Hall–Kier alpha value is -2.62. The second-order valence-electron chi connectivity index (χ2n) is 6.48. The summed E-state index contributed by atoms with van der Waals surface area (Å²) in [5, 5.41) is 2.95. The Kier molecular flexibility index (Phi) is 4.14. The number of aryl methyl sites for hydroxylation is 1. The maximum Gasteiger partial charge on any atom is 0.242 e. The average Bonchev–Trinajstić information content (AvgIpc) is 3.40. The molecule has 1 aliphatic carbocycles. The molecule has 4 heteroatoms. The number of nitrogens with one attached hydrogen (secondary N) is 1. The number of rotatable bonds is 4. The largest absolute Gasteiger partial charge is 0.325 e. The minimum Gasteiger partial charge on any atom is -0.325 e. The molecular weight excluding hydrogens is 300 g/mol. The molecule has 0 radical (unpaired) electrons. The van der Waals surface area contributed by atoms with Gasteiger partial charge in [-0.25, -0.2) is 0 Å². The van der Waals surface area contributed by atoms with Crippen LogP contribution in [0, 0.1) is 19.3 Å². The molecule has 3 rings (SSSR count). The van der Waals surface area contributed by atoms with E-state index in [9.17, 15) is 9.59 Å². The van der Waals surface area contributed by atoms with Gasteiger partial charge in [-0.3, -0.25) is 9.59 Å². The van der Waals surface area contributed by atoms with Crippen LogP contribution >= 0.6 is 0 Å². The summed E-state index contributed by atoms with van der Waals surface area (Å²) in [6, 6.07) is 15.2. The quantitative estimate of drug-likeness (QED) is 0.873. The number of amides is 2. The predicted molar refractivity (Wildman–Crippen MR) is 96.1 cm³/mol. The Morgan fingerprint density at radius 1 is 1.00 bits per heavy atom. The van der Waals surface area contributed by atoms with Crippen LogP contribution in [0.3, 0.4) is 0 Å². The number of anilines is 2. The van der Waals surface area contributed by atoms with E-state index < -0.39 is 5.41 Å². The number of carbonyl (C=O) groups excluding carboxylic acids is 2. The molecule has 124 valence electrons. The van der Waals surface area contributed by atoms with Crippen LogP contribution in [0.15, 0.2) is 48.5 Å². The number of para-hydroxylation sites is 1. The lowest BCUT2D eigenvalue weighted by atomic mass is 10.0. The Labute approximate surface area is 142 Å². The van der Waals surface area contributed by atoms with E-state index >= 15 is 0 Å². The SMILES string of the molecule is Cc1cccc(NC(=O)C2(C(=O)N(C)c3ccccc3)CC2)c1C. The second-order valence-corrected chi connectivity index (χ2v) is 6.48. The lowest BCUT2D eigenvalue weighted by molar-refractivity contribution is -0.132. The number of carbonyl (C=O) groups is 2. The summed E-state index contributed by atoms with van der Waals surface area (Å²) < 4.78 is 0. The van der Waals surface area contributed by atoms with Gasteiger partial charge < -0.3 is 10.2 Å². The van der Waals surface area contributed by atoms with E-state index in [0.717, 1.165) is 22.5 Å². The highest BCUT2D eigenvalue weighted by molar-refractivity contribution is 6.17. The van der Waals surface area contributed by atoms with Crippen LogP contribution in [0.4, 0.5) is 11.4 Å². The normalized spacial score (nSPS) is 14.8. The Morgan fingerprint density at radius 2 is 1.67 bits per heavy atom. The molecule has 0 aromatic heterocycles. The molecule has 1 fully saturated rings. The molecule has 2 aromatic carbocycles. The van der Waals surface area contributed by atoms with Crippen LogP contribution in [0.2, 0.25) is 0 Å². The van der Waals surface area contributed by atoms with Crippen LogP contribution in [0.5, 0.6) is 0 Å². The van der Waals surface area contributed by atoms with Gasteiger partial charge in [0.15, 0.2) is 0 Å². The van der Waals surface area contributed by atoms with Crippen molar-refractivity contribution < 1.29 is 9.59 Å². The van der Waals surface area contributed by atoms with Crippen LogP contribution in [-0.4, -0.2) is 18.9 Å². The van der Waals surface area contributed by atoms with Gasteiger partial charge in [0.2, 0.25) is 11.8 Å². The van der Waals surface area contributed by atoms with E-state index in [0.29, 0.717) is 12.8 Å². The van der Waals surface area contributed by atoms with Crippen molar-refractivity contribution in [3.63, 3.8) is 0 Å². The number of nitrogens with zero attached hydrogens (tertiary/aromatic N) is 1. The summed E-state index contributed by atoms with van der Waals surface area (Å²) in [5.74, 6) is -0.347. The first-order chi connectivity index (χ1) is 11.5. The number of hydrogen-bond donors (Lipinski definition) is 1. The molecule has 0 bridgehead atoms. The Bertz CT molecular complexity index is 779. The van der Waals surface area contributed by atoms with Crippen molar-refractivity contribution in [2.24, 2.45) is 5.41 Å². The third-order valence-corrected chi connectivity index (χ3v) is 4.89. The fraction of sp³-hybridized carbons (Fsp3) is 0.300. The van der Waals surface area contributed by atoms with E-state index in [4.69, 9.17) is 0 Å². The first kappa shape index (κ1) is 16.2. The van der Waals surface area contributed by atoms with Crippen molar-refractivity contribution in [3.8, 4) is 0 Å². The Balaban J connectivity index is 1.79. The molecule has 0 atom stereocenters. The molecule has 0 heterocycles. The fourth-order valence-electron chi connectivity index (χ4n) is 2.88. The maximum atomic E-state index is 12.9. The molecule has 2 aromatic rings. The van der Waals surface area contributed by atoms with Crippen LogP contribution in [0.25, 0.3) is 0 Å². The molecule has 4 nitrogen and oxygen atoms in total. The van der Waals surface area contributed by atoms with Crippen molar-refractivity contribution >= 4 is 23.2 Å². The zero-order chi connectivity index (χ0) is 17.3. The summed E-state index contributed by atoms with van der Waals surface area (Å²) in [6.07, 6.45) is 1.19. The maximum absolute atomic E-state index is 12.9. The van der Waals surface area contributed by atoms with E-state index in [1.807, 2.05) is 62.4 Å². The summed E-state index contributed by atoms with van der Waals surface area (Å²) in [7, 11) is 1.73. The molecule has 24 heavy (non-hydrogen) atoms. The number of benzene rings is 2. The topological polar surface area (TPSA) is 49.4 Å². The zero-order valence-electron chi connectivity index (χ0n) is 14.3. The smallest absolute Gasteiger partial charge is 0.242 e. The highest BCUT2D eigenvalue weighted by atomic mass is 16.2. The molecule has 0 unspecified atom stereocenters. The molecule has 1 aliphatic rings. The summed E-state index contributed by atoms with van der Waals surface area (Å²) in [4.78, 5) is 27.2. The van der Waals surface area contributed by atoms with Gasteiger partial charge in [-0.05, 0) is 56.0 Å². The van der Waals surface area contributed by atoms with Gasteiger partial charge in [0.25, 0.3) is 0 Å². The lowest BCUT2D eigenvalue weighted by Crippen LogP contribution is -2.41. The van der Waals surface area contributed by atoms with Crippen molar-refractivity contribution in [3.05, 3.63) is 59.7 Å². The first-order valence-electron chi connectivity index (χ1n) is 8.16. The summed E-state index contributed by atoms with van der Waals surface area (Å²) >= 11 is 0. The van der Waals surface area contributed by atoms with Crippen molar-refractivity contribution in [1.29, 1.82) is 0 Å². The minimum atomic E-state index is -0.930. The van der Waals surface area contributed by atoms with Crippen molar-refractivity contribution in [1.82, 2.24) is 0 Å². The van der Waals surface area contributed by atoms with Crippen LogP contribution in [-0.2, 0) is 9.59 Å². The average molecular weight is 322 g/mol. The molecule has 1 saturated carbocycles. The van der Waals surface area contributed by atoms with E-state index in [-0.39, 0.29) is 11.8 Å². The van der Waals surface area contributed by atoms with Gasteiger partial charge in [0.1, 0.15) is 5.41 Å². The number of hydrogen-bond acceptors (Lipinski definition) is 2. The Morgan fingerprint density at radius 3 is 2.29 bits per heavy atom. The van der Waals surface area contributed by atoms with Crippen LogP contribution < -0.4 is 10.2 Å². The van der Waals surface area contributed by atoms with E-state index in [2.05, 4.69) is 5.32 Å².